The third kappa shape index (κ3) is 5.81. The molecule has 0 bridgehead atoms. The molecule has 144 valence electrons. The van der Waals surface area contributed by atoms with E-state index in [0.29, 0.717) is 30.3 Å². The van der Waals surface area contributed by atoms with Gasteiger partial charge in [-0.3, -0.25) is 9.78 Å². The average molecular weight is 377 g/mol. The molecule has 0 saturated heterocycles. The van der Waals surface area contributed by atoms with E-state index in [4.69, 9.17) is 9.47 Å². The van der Waals surface area contributed by atoms with Crippen molar-refractivity contribution in [2.45, 2.75) is 33.1 Å². The van der Waals surface area contributed by atoms with Crippen LogP contribution in [0.1, 0.15) is 35.3 Å². The quantitative estimate of drug-likeness (QED) is 0.647. The molecule has 0 fully saturated rings. The van der Waals surface area contributed by atoms with Crippen molar-refractivity contribution >= 4 is 5.91 Å². The van der Waals surface area contributed by atoms with Gasteiger partial charge in [0, 0.05) is 42.3 Å². The van der Waals surface area contributed by atoms with Gasteiger partial charge in [-0.15, -0.1) is 0 Å². The maximum absolute atomic E-state index is 12.4. The molecule has 1 N–H and O–H groups in total. The number of ether oxygens (including phenoxy) is 2. The Labute approximate surface area is 164 Å². The molecule has 2 heterocycles. The fourth-order valence-electron chi connectivity index (χ4n) is 2.49. The molecular formula is C22H23N3O3. The molecule has 1 amide bonds. The maximum atomic E-state index is 12.4. The minimum atomic E-state index is -0.172. The summed E-state index contributed by atoms with van der Waals surface area (Å²) in [4.78, 5) is 20.7. The molecule has 0 spiro atoms. The summed E-state index contributed by atoms with van der Waals surface area (Å²) in [6.45, 7) is 4.68. The molecule has 3 rings (SSSR count). The maximum Gasteiger partial charge on any atom is 0.251 e. The first-order valence-corrected chi connectivity index (χ1v) is 9.12. The molecule has 0 unspecified atom stereocenters. The lowest BCUT2D eigenvalue weighted by Gasteiger charge is -2.10. The fraction of sp³-hybridized carbons (Fsp3) is 0.227. The van der Waals surface area contributed by atoms with Gasteiger partial charge in [-0.1, -0.05) is 18.2 Å². The molecule has 0 aliphatic carbocycles. The highest BCUT2D eigenvalue weighted by atomic mass is 16.5. The van der Waals surface area contributed by atoms with Gasteiger partial charge in [-0.05, 0) is 43.7 Å². The van der Waals surface area contributed by atoms with Crippen molar-refractivity contribution in [3.63, 3.8) is 0 Å². The number of aromatic nitrogens is 2. The van der Waals surface area contributed by atoms with Crippen LogP contribution in [0.5, 0.6) is 11.6 Å². The zero-order valence-corrected chi connectivity index (χ0v) is 16.0. The second-order valence-electron chi connectivity index (χ2n) is 6.53. The molecule has 6 nitrogen and oxygen atoms in total. The summed E-state index contributed by atoms with van der Waals surface area (Å²) >= 11 is 0. The van der Waals surface area contributed by atoms with E-state index in [1.165, 1.54) is 0 Å². The van der Waals surface area contributed by atoms with Gasteiger partial charge in [0.1, 0.15) is 12.4 Å². The second kappa shape index (κ2) is 9.50. The Hall–Kier alpha value is -3.41. The number of carbonyl (C=O) groups is 1. The van der Waals surface area contributed by atoms with Crippen molar-refractivity contribution < 1.29 is 14.3 Å². The van der Waals surface area contributed by atoms with Gasteiger partial charge < -0.3 is 14.8 Å². The standard InChI is InChI=1S/C22H23N3O3/c1-16(2)28-21-9-8-17(13-24-21)14-25-22(26)19-6-3-7-20(11-19)27-15-18-5-4-10-23-12-18/h3-13,16H,14-15H2,1-2H3,(H,25,26). The summed E-state index contributed by atoms with van der Waals surface area (Å²) in [7, 11) is 0. The van der Waals surface area contributed by atoms with E-state index < -0.39 is 0 Å². The summed E-state index contributed by atoms with van der Waals surface area (Å²) in [6.07, 6.45) is 5.24. The topological polar surface area (TPSA) is 73.3 Å². The van der Waals surface area contributed by atoms with Crippen molar-refractivity contribution in [2.24, 2.45) is 0 Å². The Bertz CT molecular complexity index is 896. The van der Waals surface area contributed by atoms with Crippen LogP contribution in [0.3, 0.4) is 0 Å². The molecule has 0 saturated carbocycles. The van der Waals surface area contributed by atoms with E-state index in [2.05, 4.69) is 15.3 Å². The summed E-state index contributed by atoms with van der Waals surface area (Å²) in [5.74, 6) is 1.03. The molecule has 2 aromatic heterocycles. The van der Waals surface area contributed by atoms with Crippen LogP contribution in [0.4, 0.5) is 0 Å². The highest BCUT2D eigenvalue weighted by molar-refractivity contribution is 5.94. The van der Waals surface area contributed by atoms with Crippen molar-refractivity contribution in [3.8, 4) is 11.6 Å². The molecule has 3 aromatic rings. The van der Waals surface area contributed by atoms with E-state index in [1.54, 1.807) is 42.9 Å². The SMILES string of the molecule is CC(C)Oc1ccc(CNC(=O)c2cccc(OCc3cccnc3)c2)cn1. The van der Waals surface area contributed by atoms with Gasteiger partial charge in [0.2, 0.25) is 5.88 Å². The molecule has 0 atom stereocenters. The number of nitrogens with zero attached hydrogens (tertiary/aromatic N) is 2. The molecular weight excluding hydrogens is 354 g/mol. The predicted octanol–water partition coefficient (Wildman–Crippen LogP) is 3.77. The third-order valence-corrected chi connectivity index (χ3v) is 3.83. The molecule has 0 aliphatic rings. The zero-order chi connectivity index (χ0) is 19.8. The van der Waals surface area contributed by atoms with E-state index in [-0.39, 0.29) is 12.0 Å². The molecule has 1 aromatic carbocycles. The number of hydrogen-bond acceptors (Lipinski definition) is 5. The number of amides is 1. The van der Waals surface area contributed by atoms with Crippen LogP contribution in [-0.4, -0.2) is 22.0 Å². The van der Waals surface area contributed by atoms with Crippen LogP contribution in [-0.2, 0) is 13.2 Å². The lowest BCUT2D eigenvalue weighted by molar-refractivity contribution is 0.0950. The van der Waals surface area contributed by atoms with Crippen LogP contribution in [0.15, 0.2) is 67.1 Å². The van der Waals surface area contributed by atoms with Gasteiger partial charge >= 0.3 is 0 Å². The average Bonchev–Trinajstić information content (AvgIpc) is 2.72. The van der Waals surface area contributed by atoms with E-state index in [9.17, 15) is 4.79 Å². The third-order valence-electron chi connectivity index (χ3n) is 3.83. The van der Waals surface area contributed by atoms with E-state index >= 15 is 0 Å². The van der Waals surface area contributed by atoms with Gasteiger partial charge in [-0.2, -0.15) is 0 Å². The predicted molar refractivity (Wildman–Crippen MR) is 106 cm³/mol. The molecule has 0 radical (unpaired) electrons. The first-order chi connectivity index (χ1) is 13.6. The summed E-state index contributed by atoms with van der Waals surface area (Å²) < 4.78 is 11.3. The van der Waals surface area contributed by atoms with Crippen LogP contribution < -0.4 is 14.8 Å². The first kappa shape index (κ1) is 19.4. The highest BCUT2D eigenvalue weighted by Gasteiger charge is 2.08. The summed E-state index contributed by atoms with van der Waals surface area (Å²) in [5.41, 5.74) is 2.40. The second-order valence-corrected chi connectivity index (χ2v) is 6.53. The number of carbonyl (C=O) groups excluding carboxylic acids is 1. The number of benzene rings is 1. The number of pyridine rings is 2. The van der Waals surface area contributed by atoms with Crippen LogP contribution in [0.25, 0.3) is 0 Å². The smallest absolute Gasteiger partial charge is 0.251 e. The van der Waals surface area contributed by atoms with Crippen LogP contribution in [0.2, 0.25) is 0 Å². The van der Waals surface area contributed by atoms with Crippen molar-refractivity contribution in [2.75, 3.05) is 0 Å². The summed E-state index contributed by atoms with van der Waals surface area (Å²) in [6, 6.07) is 14.6. The molecule has 0 aliphatic heterocycles. The normalized spacial score (nSPS) is 10.5. The minimum absolute atomic E-state index is 0.0747. The fourth-order valence-corrected chi connectivity index (χ4v) is 2.49. The van der Waals surface area contributed by atoms with Crippen LogP contribution >= 0.6 is 0 Å². The van der Waals surface area contributed by atoms with E-state index in [1.807, 2.05) is 38.1 Å². The van der Waals surface area contributed by atoms with E-state index in [0.717, 1.165) is 11.1 Å². The largest absolute Gasteiger partial charge is 0.489 e. The number of rotatable bonds is 8. The summed E-state index contributed by atoms with van der Waals surface area (Å²) in [5, 5.41) is 2.89. The van der Waals surface area contributed by atoms with Crippen LogP contribution in [0, 0.1) is 0 Å². The van der Waals surface area contributed by atoms with Gasteiger partial charge in [0.15, 0.2) is 0 Å². The number of nitrogens with one attached hydrogen (secondary N) is 1. The molecule has 6 heteroatoms. The Morgan fingerprint density at radius 2 is 1.96 bits per heavy atom. The minimum Gasteiger partial charge on any atom is -0.489 e. The Kier molecular flexibility index (Phi) is 6.57. The highest BCUT2D eigenvalue weighted by Crippen LogP contribution is 2.15. The van der Waals surface area contributed by atoms with Crippen molar-refractivity contribution in [3.05, 3.63) is 83.8 Å². The van der Waals surface area contributed by atoms with Gasteiger partial charge in [0.05, 0.1) is 6.10 Å². The Morgan fingerprint density at radius 1 is 1.07 bits per heavy atom. The lowest BCUT2D eigenvalue weighted by atomic mass is 10.2. The zero-order valence-electron chi connectivity index (χ0n) is 16.0. The Balaban J connectivity index is 1.54. The molecule has 28 heavy (non-hydrogen) atoms. The first-order valence-electron chi connectivity index (χ1n) is 9.12. The monoisotopic (exact) mass is 377 g/mol. The van der Waals surface area contributed by atoms with Crippen molar-refractivity contribution in [1.82, 2.24) is 15.3 Å². The van der Waals surface area contributed by atoms with Crippen molar-refractivity contribution in [1.29, 1.82) is 0 Å². The van der Waals surface area contributed by atoms with Gasteiger partial charge in [0.25, 0.3) is 5.91 Å². The van der Waals surface area contributed by atoms with Gasteiger partial charge in [-0.25, -0.2) is 4.98 Å². The lowest BCUT2D eigenvalue weighted by Crippen LogP contribution is -2.22. The number of hydrogen-bond donors (Lipinski definition) is 1. The Morgan fingerprint density at radius 3 is 2.68 bits per heavy atom.